The van der Waals surface area contributed by atoms with Crippen LogP contribution in [0.2, 0.25) is 11.1 Å². The van der Waals surface area contributed by atoms with Crippen molar-refractivity contribution in [2.75, 3.05) is 0 Å². The molecule has 1 fully saturated rings. The van der Waals surface area contributed by atoms with Gasteiger partial charge in [-0.2, -0.15) is 0 Å². The van der Waals surface area contributed by atoms with Gasteiger partial charge in [-0.05, 0) is 48.6 Å². The van der Waals surface area contributed by atoms with Crippen molar-refractivity contribution in [1.29, 1.82) is 0 Å². The van der Waals surface area contributed by atoms with Crippen LogP contribution in [0.1, 0.15) is 47.5 Å². The zero-order valence-electron chi connectivity index (χ0n) is 12.0. The third-order valence-electron chi connectivity index (χ3n) is 4.62. The molecule has 0 amide bonds. The highest BCUT2D eigenvalue weighted by Gasteiger charge is 2.40. The smallest absolute Gasteiger partial charge is 0.182 e. The zero-order valence-corrected chi connectivity index (χ0v) is 13.2. The van der Waals surface area contributed by atoms with E-state index >= 15 is 0 Å². The maximum atomic E-state index is 6.51. The Balaban J connectivity index is 1.92. The molecule has 0 aromatic heterocycles. The van der Waals surface area contributed by atoms with E-state index in [1.54, 1.807) is 0 Å². The van der Waals surface area contributed by atoms with Crippen LogP contribution in [0.25, 0.3) is 0 Å². The zero-order chi connectivity index (χ0) is 12.6. The fourth-order valence-corrected chi connectivity index (χ4v) is 6.66. The molecule has 2 aliphatic carbocycles. The number of hydrogen-bond donors (Lipinski definition) is 0. The van der Waals surface area contributed by atoms with Crippen molar-refractivity contribution in [3.8, 4) is 0 Å². The quantitative estimate of drug-likeness (QED) is 0.527. The van der Waals surface area contributed by atoms with Gasteiger partial charge >= 0.3 is 0 Å². The van der Waals surface area contributed by atoms with Crippen molar-refractivity contribution >= 4 is 9.04 Å². The van der Waals surface area contributed by atoms with E-state index in [1.165, 1.54) is 12.8 Å². The first kappa shape index (κ1) is 13.4. The molecule has 1 saturated carbocycles. The number of hydrogen-bond acceptors (Lipinski definition) is 1. The first-order valence-corrected chi connectivity index (χ1v) is 9.13. The van der Waals surface area contributed by atoms with Gasteiger partial charge in [-0.25, -0.2) is 0 Å². The van der Waals surface area contributed by atoms with E-state index in [2.05, 4.69) is 46.8 Å². The molecule has 4 unspecified atom stereocenters. The van der Waals surface area contributed by atoms with Crippen molar-refractivity contribution in [3.05, 3.63) is 12.2 Å². The van der Waals surface area contributed by atoms with Crippen LogP contribution in [0.4, 0.5) is 0 Å². The Hall–Kier alpha value is -0.0831. The molecule has 2 aliphatic rings. The fourth-order valence-electron chi connectivity index (χ4n) is 3.80. The minimum absolute atomic E-state index is 0.483. The van der Waals surface area contributed by atoms with Crippen molar-refractivity contribution in [3.63, 3.8) is 0 Å². The third kappa shape index (κ3) is 2.85. The Morgan fingerprint density at radius 3 is 2.06 bits per heavy atom. The summed E-state index contributed by atoms with van der Waals surface area (Å²) < 4.78 is 6.51. The first-order valence-electron chi connectivity index (χ1n) is 7.32. The van der Waals surface area contributed by atoms with Crippen molar-refractivity contribution in [1.82, 2.24) is 0 Å². The SMILES string of the molecule is CC(O[SiH](C(C)C)C(C)C)C1CC2C=CC1C2. The molecule has 1 nitrogen and oxygen atoms in total. The molecule has 0 radical (unpaired) electrons. The summed E-state index contributed by atoms with van der Waals surface area (Å²) in [5.41, 5.74) is 1.51. The van der Waals surface area contributed by atoms with Gasteiger partial charge < -0.3 is 4.43 Å². The highest BCUT2D eigenvalue weighted by atomic mass is 28.3. The van der Waals surface area contributed by atoms with Gasteiger partial charge in [0.15, 0.2) is 9.04 Å². The molecule has 0 aliphatic heterocycles. The molecule has 0 N–H and O–H groups in total. The lowest BCUT2D eigenvalue weighted by Crippen LogP contribution is -2.35. The molecular formula is C15H28OSi. The summed E-state index contributed by atoms with van der Waals surface area (Å²) in [6, 6.07) is 0. The molecule has 0 aromatic rings. The van der Waals surface area contributed by atoms with Crippen LogP contribution in [0, 0.1) is 17.8 Å². The minimum atomic E-state index is -1.04. The van der Waals surface area contributed by atoms with E-state index in [0.717, 1.165) is 28.8 Å². The molecule has 0 heterocycles. The maximum Gasteiger partial charge on any atom is 0.182 e. The summed E-state index contributed by atoms with van der Waals surface area (Å²) in [4.78, 5) is 0. The second-order valence-corrected chi connectivity index (χ2v) is 10.6. The van der Waals surface area contributed by atoms with Gasteiger partial charge in [-0.15, -0.1) is 0 Å². The normalized spacial score (nSPS) is 33.3. The molecule has 0 saturated heterocycles. The lowest BCUT2D eigenvalue weighted by Gasteiger charge is -2.32. The van der Waals surface area contributed by atoms with E-state index in [9.17, 15) is 0 Å². The van der Waals surface area contributed by atoms with Gasteiger partial charge in [0.2, 0.25) is 0 Å². The number of allylic oxidation sites excluding steroid dienone is 2. The molecule has 2 heteroatoms. The van der Waals surface area contributed by atoms with E-state index in [0.29, 0.717) is 6.10 Å². The Bertz CT molecular complexity index is 277. The highest BCUT2D eigenvalue weighted by Crippen LogP contribution is 2.46. The van der Waals surface area contributed by atoms with E-state index in [4.69, 9.17) is 4.43 Å². The Morgan fingerprint density at radius 2 is 1.65 bits per heavy atom. The lowest BCUT2D eigenvalue weighted by molar-refractivity contribution is 0.128. The molecule has 0 aromatic carbocycles. The lowest BCUT2D eigenvalue weighted by atomic mass is 9.89. The van der Waals surface area contributed by atoms with Crippen LogP contribution in [0.3, 0.4) is 0 Å². The monoisotopic (exact) mass is 252 g/mol. The molecule has 2 bridgehead atoms. The predicted molar refractivity (Wildman–Crippen MR) is 76.7 cm³/mol. The van der Waals surface area contributed by atoms with E-state index in [1.807, 2.05) is 0 Å². The van der Waals surface area contributed by atoms with Gasteiger partial charge in [-0.1, -0.05) is 39.8 Å². The van der Waals surface area contributed by atoms with Crippen molar-refractivity contribution in [2.45, 2.75) is 64.6 Å². The minimum Gasteiger partial charge on any atom is -0.417 e. The summed E-state index contributed by atoms with van der Waals surface area (Å²) in [7, 11) is -1.04. The van der Waals surface area contributed by atoms with Crippen LogP contribution < -0.4 is 0 Å². The molecular weight excluding hydrogens is 224 g/mol. The van der Waals surface area contributed by atoms with Crippen LogP contribution in [-0.2, 0) is 4.43 Å². The van der Waals surface area contributed by atoms with Crippen molar-refractivity contribution in [2.24, 2.45) is 17.8 Å². The Labute approximate surface area is 108 Å². The maximum absolute atomic E-state index is 6.51. The standard InChI is InChI=1S/C15H28OSi/c1-10(2)17(11(3)4)16-12(5)15-9-13-6-7-14(15)8-13/h6-7,10-15,17H,8-9H2,1-5H3. The van der Waals surface area contributed by atoms with E-state index < -0.39 is 9.04 Å². The average Bonchev–Trinajstić information content (AvgIpc) is 2.85. The summed E-state index contributed by atoms with van der Waals surface area (Å²) in [6.45, 7) is 11.7. The van der Waals surface area contributed by atoms with Gasteiger partial charge in [0.05, 0.1) is 0 Å². The largest absolute Gasteiger partial charge is 0.417 e. The summed E-state index contributed by atoms with van der Waals surface area (Å²) in [5.74, 6) is 2.50. The Morgan fingerprint density at radius 1 is 1.00 bits per heavy atom. The molecule has 98 valence electrons. The van der Waals surface area contributed by atoms with Crippen LogP contribution in [-0.4, -0.2) is 15.1 Å². The van der Waals surface area contributed by atoms with Crippen LogP contribution in [0.5, 0.6) is 0 Å². The molecule has 17 heavy (non-hydrogen) atoms. The van der Waals surface area contributed by atoms with Gasteiger partial charge in [-0.3, -0.25) is 0 Å². The van der Waals surface area contributed by atoms with Gasteiger partial charge in [0.25, 0.3) is 0 Å². The van der Waals surface area contributed by atoms with Crippen molar-refractivity contribution < 1.29 is 4.43 Å². The number of rotatable bonds is 5. The summed E-state index contributed by atoms with van der Waals surface area (Å²) >= 11 is 0. The fraction of sp³-hybridized carbons (Fsp3) is 0.867. The second kappa shape index (κ2) is 5.27. The third-order valence-corrected chi connectivity index (χ3v) is 7.99. The van der Waals surface area contributed by atoms with Crippen LogP contribution >= 0.6 is 0 Å². The molecule has 4 atom stereocenters. The number of fused-ring (bicyclic) bond motifs is 2. The predicted octanol–water partition coefficient (Wildman–Crippen LogP) is 4.15. The second-order valence-electron chi connectivity index (χ2n) is 6.74. The van der Waals surface area contributed by atoms with E-state index in [-0.39, 0.29) is 0 Å². The Kier molecular flexibility index (Phi) is 4.14. The summed E-state index contributed by atoms with van der Waals surface area (Å²) in [6.07, 6.45) is 8.12. The van der Waals surface area contributed by atoms with Gasteiger partial charge in [0, 0.05) is 6.10 Å². The summed E-state index contributed by atoms with van der Waals surface area (Å²) in [5, 5.41) is 0. The first-order chi connectivity index (χ1) is 7.99. The van der Waals surface area contributed by atoms with Gasteiger partial charge in [0.1, 0.15) is 0 Å². The topological polar surface area (TPSA) is 9.23 Å². The van der Waals surface area contributed by atoms with Crippen LogP contribution in [0.15, 0.2) is 12.2 Å². The average molecular weight is 252 g/mol. The highest BCUT2D eigenvalue weighted by molar-refractivity contribution is 6.55. The molecule has 2 rings (SSSR count). The molecule has 0 spiro atoms.